The van der Waals surface area contributed by atoms with Crippen LogP contribution in [0, 0.1) is 23.2 Å². The predicted molar refractivity (Wildman–Crippen MR) is 104 cm³/mol. The average Bonchev–Trinajstić information content (AvgIpc) is 2.57. The van der Waals surface area contributed by atoms with E-state index < -0.39 is 0 Å². The van der Waals surface area contributed by atoms with Gasteiger partial charge in [-0.3, -0.25) is 0 Å². The van der Waals surface area contributed by atoms with Crippen LogP contribution in [0.5, 0.6) is 11.5 Å². The summed E-state index contributed by atoms with van der Waals surface area (Å²) < 4.78 is 11.9. The fourth-order valence-electron chi connectivity index (χ4n) is 6.27. The number of nitrogens with one attached hydrogen (secondary N) is 1. The van der Waals surface area contributed by atoms with Crippen molar-refractivity contribution in [3.63, 3.8) is 0 Å². The number of methoxy groups -OCH3 is 2. The van der Waals surface area contributed by atoms with E-state index in [4.69, 9.17) is 9.47 Å². The average molecular weight is 408 g/mol. The number of rotatable bonds is 6. The molecule has 0 aromatic heterocycles. The Morgan fingerprint density at radius 1 is 1.08 bits per heavy atom. The van der Waals surface area contributed by atoms with Crippen molar-refractivity contribution in [2.45, 2.75) is 58.0 Å². The molecule has 1 atom stereocenters. The van der Waals surface area contributed by atoms with Gasteiger partial charge in [-0.25, -0.2) is 0 Å². The van der Waals surface area contributed by atoms with Crippen molar-refractivity contribution < 1.29 is 9.47 Å². The minimum Gasteiger partial charge on any atom is -0.493 e. The summed E-state index contributed by atoms with van der Waals surface area (Å²) in [5.41, 5.74) is 1.78. The van der Waals surface area contributed by atoms with Gasteiger partial charge in [-0.1, -0.05) is 0 Å². The predicted octanol–water partition coefficient (Wildman–Crippen LogP) is 5.16. The standard InChI is InChI=1S/C21H30BrNO2/c1-13(21-9-14-4-15(10-21)6-16(5-14)11-21)23-12-17-7-18(22)20(25-3)19(8-17)24-2/h7-8,13-16,23H,4-6,9-12H2,1-3H3/t13-,14?,15?,16?,21?/m0/s1. The molecular formula is C21H30BrNO2. The molecular weight excluding hydrogens is 378 g/mol. The highest BCUT2D eigenvalue weighted by molar-refractivity contribution is 9.10. The smallest absolute Gasteiger partial charge is 0.174 e. The first-order chi connectivity index (χ1) is 12.0. The van der Waals surface area contributed by atoms with Crippen molar-refractivity contribution in [3.8, 4) is 11.5 Å². The SMILES string of the molecule is COc1cc(CN[C@@H](C)C23CC4CC(CC(C4)C2)C3)cc(Br)c1OC. The number of hydrogen-bond donors (Lipinski definition) is 1. The van der Waals surface area contributed by atoms with Gasteiger partial charge in [0, 0.05) is 12.6 Å². The molecule has 138 valence electrons. The maximum atomic E-state index is 5.48. The third kappa shape index (κ3) is 3.21. The Balaban J connectivity index is 1.46. The van der Waals surface area contributed by atoms with E-state index in [0.717, 1.165) is 40.3 Å². The number of halogens is 1. The van der Waals surface area contributed by atoms with Crippen molar-refractivity contribution in [1.82, 2.24) is 5.32 Å². The van der Waals surface area contributed by atoms with Gasteiger partial charge in [0.2, 0.25) is 0 Å². The number of hydrogen-bond acceptors (Lipinski definition) is 3. The van der Waals surface area contributed by atoms with Crippen LogP contribution in [0.2, 0.25) is 0 Å². The Morgan fingerprint density at radius 2 is 1.68 bits per heavy atom. The van der Waals surface area contributed by atoms with E-state index in [2.05, 4.69) is 40.3 Å². The molecule has 4 aliphatic carbocycles. The summed E-state index contributed by atoms with van der Waals surface area (Å²) in [4.78, 5) is 0. The van der Waals surface area contributed by atoms with Crippen LogP contribution in [0.15, 0.2) is 16.6 Å². The van der Waals surface area contributed by atoms with Crippen LogP contribution in [0.4, 0.5) is 0 Å². The largest absolute Gasteiger partial charge is 0.493 e. The van der Waals surface area contributed by atoms with Gasteiger partial charge in [-0.2, -0.15) is 0 Å². The topological polar surface area (TPSA) is 30.5 Å². The molecule has 4 heteroatoms. The van der Waals surface area contributed by atoms with Crippen LogP contribution >= 0.6 is 15.9 Å². The van der Waals surface area contributed by atoms with Gasteiger partial charge >= 0.3 is 0 Å². The van der Waals surface area contributed by atoms with Gasteiger partial charge in [-0.05, 0) is 102 Å². The molecule has 4 aliphatic rings. The highest BCUT2D eigenvalue weighted by atomic mass is 79.9. The van der Waals surface area contributed by atoms with Crippen LogP contribution < -0.4 is 14.8 Å². The van der Waals surface area contributed by atoms with Crippen LogP contribution in [-0.2, 0) is 6.54 Å². The van der Waals surface area contributed by atoms with Crippen molar-refractivity contribution in [2.24, 2.45) is 23.2 Å². The van der Waals surface area contributed by atoms with E-state index >= 15 is 0 Å². The minimum atomic E-state index is 0.544. The van der Waals surface area contributed by atoms with Gasteiger partial charge in [0.05, 0.1) is 18.7 Å². The fraction of sp³-hybridized carbons (Fsp3) is 0.714. The molecule has 4 bridgehead atoms. The van der Waals surface area contributed by atoms with Gasteiger partial charge < -0.3 is 14.8 Å². The summed E-state index contributed by atoms with van der Waals surface area (Å²) in [6, 6.07) is 4.80. The van der Waals surface area contributed by atoms with Gasteiger partial charge in [0.25, 0.3) is 0 Å². The molecule has 3 nitrogen and oxygen atoms in total. The first kappa shape index (κ1) is 17.7. The van der Waals surface area contributed by atoms with E-state index in [-0.39, 0.29) is 0 Å². The van der Waals surface area contributed by atoms with Crippen molar-refractivity contribution in [2.75, 3.05) is 14.2 Å². The third-order valence-electron chi connectivity index (χ3n) is 7.11. The zero-order valence-corrected chi connectivity index (χ0v) is 17.2. The van der Waals surface area contributed by atoms with Crippen LogP contribution in [0.3, 0.4) is 0 Å². The van der Waals surface area contributed by atoms with Gasteiger partial charge in [0.15, 0.2) is 11.5 Å². The zero-order valence-electron chi connectivity index (χ0n) is 15.6. The van der Waals surface area contributed by atoms with E-state index in [1.165, 1.54) is 44.1 Å². The van der Waals surface area contributed by atoms with Crippen LogP contribution in [0.25, 0.3) is 0 Å². The lowest BCUT2D eigenvalue weighted by molar-refractivity contribution is -0.0706. The first-order valence-electron chi connectivity index (χ1n) is 9.67. The summed E-state index contributed by atoms with van der Waals surface area (Å²) in [7, 11) is 3.37. The number of ether oxygens (including phenoxy) is 2. The Kier molecular flexibility index (Phi) is 4.78. The highest BCUT2D eigenvalue weighted by Crippen LogP contribution is 2.61. The summed E-state index contributed by atoms with van der Waals surface area (Å²) >= 11 is 3.60. The lowest BCUT2D eigenvalue weighted by atomic mass is 9.48. The second-order valence-corrected chi connectivity index (χ2v) is 9.55. The Hall–Kier alpha value is -0.740. The van der Waals surface area contributed by atoms with Gasteiger partial charge in [0.1, 0.15) is 0 Å². The summed E-state index contributed by atoms with van der Waals surface area (Å²) in [5, 5.41) is 3.85. The molecule has 5 rings (SSSR count). The lowest BCUT2D eigenvalue weighted by Gasteiger charge is -2.59. The second kappa shape index (κ2) is 6.77. The third-order valence-corrected chi connectivity index (χ3v) is 7.70. The quantitative estimate of drug-likeness (QED) is 0.705. The molecule has 1 N–H and O–H groups in total. The Bertz CT molecular complexity index is 610. The fourth-order valence-corrected chi connectivity index (χ4v) is 6.92. The van der Waals surface area contributed by atoms with Crippen molar-refractivity contribution in [3.05, 3.63) is 22.2 Å². The van der Waals surface area contributed by atoms with Crippen molar-refractivity contribution >= 4 is 15.9 Å². The minimum absolute atomic E-state index is 0.544. The van der Waals surface area contributed by atoms with E-state index in [1.54, 1.807) is 14.2 Å². The molecule has 0 aliphatic heterocycles. The lowest BCUT2D eigenvalue weighted by Crippen LogP contribution is -2.54. The van der Waals surface area contributed by atoms with Crippen LogP contribution in [-0.4, -0.2) is 20.3 Å². The highest BCUT2D eigenvalue weighted by Gasteiger charge is 2.52. The molecule has 25 heavy (non-hydrogen) atoms. The van der Waals surface area contributed by atoms with E-state index in [1.807, 2.05) is 0 Å². The Labute approximate surface area is 160 Å². The molecule has 0 radical (unpaired) electrons. The summed E-state index contributed by atoms with van der Waals surface area (Å²) in [5.74, 6) is 4.57. The monoisotopic (exact) mass is 407 g/mol. The van der Waals surface area contributed by atoms with Gasteiger partial charge in [-0.15, -0.1) is 0 Å². The molecule has 4 fully saturated rings. The van der Waals surface area contributed by atoms with E-state index in [9.17, 15) is 0 Å². The summed E-state index contributed by atoms with van der Waals surface area (Å²) in [6.45, 7) is 3.30. The molecule has 0 spiro atoms. The zero-order chi connectivity index (χ0) is 17.6. The number of benzene rings is 1. The molecule has 0 heterocycles. The first-order valence-corrected chi connectivity index (χ1v) is 10.5. The maximum absolute atomic E-state index is 5.48. The maximum Gasteiger partial charge on any atom is 0.174 e. The molecule has 4 saturated carbocycles. The second-order valence-electron chi connectivity index (χ2n) is 8.70. The van der Waals surface area contributed by atoms with Crippen molar-refractivity contribution in [1.29, 1.82) is 0 Å². The molecule has 0 saturated heterocycles. The molecule has 1 aromatic rings. The molecule has 0 amide bonds. The molecule has 1 aromatic carbocycles. The Morgan fingerprint density at radius 3 is 2.20 bits per heavy atom. The normalized spacial score (nSPS) is 34.2. The summed E-state index contributed by atoms with van der Waals surface area (Å²) in [6.07, 6.45) is 8.87. The van der Waals surface area contributed by atoms with E-state index in [0.29, 0.717) is 11.5 Å². The van der Waals surface area contributed by atoms with Crippen LogP contribution in [0.1, 0.15) is 51.0 Å². The molecule has 0 unspecified atom stereocenters.